The van der Waals surface area contributed by atoms with Crippen LogP contribution in [0.15, 0.2) is 47.8 Å². The molecule has 94 valence electrons. The Labute approximate surface area is 105 Å². The summed E-state index contributed by atoms with van der Waals surface area (Å²) >= 11 is 0. The Morgan fingerprint density at radius 2 is 2.06 bits per heavy atom. The Kier molecular flexibility index (Phi) is 3.52. The van der Waals surface area contributed by atoms with Crippen molar-refractivity contribution >= 4 is 5.84 Å². The number of hydrogen-bond donors (Lipinski definition) is 2. The Morgan fingerprint density at radius 3 is 2.67 bits per heavy atom. The molecule has 2 aromatic rings. The van der Waals surface area contributed by atoms with Crippen LogP contribution in [0.3, 0.4) is 0 Å². The number of oxime groups is 1. The molecule has 3 N–H and O–H groups in total. The molecule has 1 heterocycles. The van der Waals surface area contributed by atoms with E-state index in [-0.39, 0.29) is 5.84 Å². The van der Waals surface area contributed by atoms with Crippen molar-refractivity contribution in [3.05, 3.63) is 53.9 Å². The summed E-state index contributed by atoms with van der Waals surface area (Å²) < 4.78 is 7.02. The van der Waals surface area contributed by atoms with E-state index in [1.54, 1.807) is 13.2 Å². The fourth-order valence-corrected chi connectivity index (χ4v) is 1.76. The second-order valence-corrected chi connectivity index (χ2v) is 3.85. The number of hydrogen-bond acceptors (Lipinski definition) is 3. The average molecular weight is 245 g/mol. The van der Waals surface area contributed by atoms with Gasteiger partial charge in [0, 0.05) is 12.7 Å². The zero-order valence-corrected chi connectivity index (χ0v) is 10.1. The molecule has 0 saturated heterocycles. The minimum atomic E-state index is 0.105. The zero-order chi connectivity index (χ0) is 13.0. The van der Waals surface area contributed by atoms with Crippen LogP contribution in [0.4, 0.5) is 0 Å². The highest BCUT2D eigenvalue weighted by molar-refractivity contribution is 5.95. The van der Waals surface area contributed by atoms with Gasteiger partial charge in [-0.2, -0.15) is 0 Å². The van der Waals surface area contributed by atoms with E-state index in [1.807, 2.05) is 41.1 Å². The van der Waals surface area contributed by atoms with Crippen LogP contribution in [0.2, 0.25) is 0 Å². The van der Waals surface area contributed by atoms with Crippen molar-refractivity contribution in [2.45, 2.75) is 6.54 Å². The SMILES string of the molecule is COc1ccc(Cn2cccc2/C(N)=N/O)cc1. The first-order valence-corrected chi connectivity index (χ1v) is 5.50. The second kappa shape index (κ2) is 5.27. The van der Waals surface area contributed by atoms with Crippen LogP contribution in [-0.2, 0) is 6.54 Å². The number of nitrogens with zero attached hydrogens (tertiary/aromatic N) is 2. The molecule has 0 spiro atoms. The van der Waals surface area contributed by atoms with E-state index in [4.69, 9.17) is 15.7 Å². The van der Waals surface area contributed by atoms with E-state index in [0.717, 1.165) is 11.3 Å². The molecule has 1 aromatic carbocycles. The molecule has 0 unspecified atom stereocenters. The highest BCUT2D eigenvalue weighted by Gasteiger charge is 2.06. The van der Waals surface area contributed by atoms with Gasteiger partial charge >= 0.3 is 0 Å². The summed E-state index contributed by atoms with van der Waals surface area (Å²) in [5, 5.41) is 11.7. The third-order valence-corrected chi connectivity index (χ3v) is 2.71. The van der Waals surface area contributed by atoms with Crippen LogP contribution in [0.1, 0.15) is 11.3 Å². The molecule has 18 heavy (non-hydrogen) atoms. The van der Waals surface area contributed by atoms with Gasteiger partial charge in [-0.25, -0.2) is 0 Å². The van der Waals surface area contributed by atoms with E-state index >= 15 is 0 Å². The average Bonchev–Trinajstić information content (AvgIpc) is 2.87. The molecule has 5 nitrogen and oxygen atoms in total. The minimum Gasteiger partial charge on any atom is -0.497 e. The van der Waals surface area contributed by atoms with Gasteiger partial charge in [0.2, 0.25) is 0 Å². The fourth-order valence-electron chi connectivity index (χ4n) is 1.76. The zero-order valence-electron chi connectivity index (χ0n) is 10.1. The van der Waals surface area contributed by atoms with Crippen molar-refractivity contribution in [3.63, 3.8) is 0 Å². The summed E-state index contributed by atoms with van der Waals surface area (Å²) in [6, 6.07) is 11.4. The fraction of sp³-hybridized carbons (Fsp3) is 0.154. The summed E-state index contributed by atoms with van der Waals surface area (Å²) in [7, 11) is 1.64. The van der Waals surface area contributed by atoms with Crippen LogP contribution in [0.25, 0.3) is 0 Å². The molecular formula is C13H15N3O2. The van der Waals surface area contributed by atoms with Crippen LogP contribution < -0.4 is 10.5 Å². The smallest absolute Gasteiger partial charge is 0.186 e. The van der Waals surface area contributed by atoms with Crippen molar-refractivity contribution in [2.24, 2.45) is 10.9 Å². The number of nitrogens with two attached hydrogens (primary N) is 1. The Bertz CT molecular complexity index is 544. The van der Waals surface area contributed by atoms with E-state index in [2.05, 4.69) is 5.16 Å². The van der Waals surface area contributed by atoms with Gasteiger partial charge in [0.1, 0.15) is 5.75 Å². The number of ether oxygens (including phenoxy) is 1. The van der Waals surface area contributed by atoms with E-state index in [1.165, 1.54) is 0 Å². The Balaban J connectivity index is 2.21. The lowest BCUT2D eigenvalue weighted by molar-refractivity contribution is 0.318. The highest BCUT2D eigenvalue weighted by atomic mass is 16.5. The lowest BCUT2D eigenvalue weighted by Gasteiger charge is -2.08. The quantitative estimate of drug-likeness (QED) is 0.372. The van der Waals surface area contributed by atoms with Crippen LogP contribution in [0, 0.1) is 0 Å². The molecule has 0 aliphatic rings. The third kappa shape index (κ3) is 2.45. The van der Waals surface area contributed by atoms with Crippen LogP contribution >= 0.6 is 0 Å². The first kappa shape index (κ1) is 12.0. The summed E-state index contributed by atoms with van der Waals surface area (Å²) in [6.45, 7) is 0.655. The lowest BCUT2D eigenvalue weighted by Crippen LogP contribution is -2.18. The molecule has 0 amide bonds. The molecule has 0 fully saturated rings. The summed E-state index contributed by atoms with van der Waals surface area (Å²) in [6.07, 6.45) is 1.89. The van der Waals surface area contributed by atoms with Crippen LogP contribution in [-0.4, -0.2) is 22.7 Å². The maximum Gasteiger partial charge on any atom is 0.186 e. The van der Waals surface area contributed by atoms with Gasteiger partial charge in [-0.15, -0.1) is 0 Å². The lowest BCUT2D eigenvalue weighted by atomic mass is 10.2. The van der Waals surface area contributed by atoms with Gasteiger partial charge < -0.3 is 20.2 Å². The van der Waals surface area contributed by atoms with Crippen LogP contribution in [0.5, 0.6) is 5.75 Å². The van der Waals surface area contributed by atoms with Crippen molar-refractivity contribution < 1.29 is 9.94 Å². The van der Waals surface area contributed by atoms with Gasteiger partial charge in [0.25, 0.3) is 0 Å². The molecule has 0 saturated carbocycles. The predicted molar refractivity (Wildman–Crippen MR) is 69.0 cm³/mol. The predicted octanol–water partition coefficient (Wildman–Crippen LogP) is 1.64. The first-order valence-electron chi connectivity index (χ1n) is 5.50. The summed E-state index contributed by atoms with van der Waals surface area (Å²) in [5.74, 6) is 0.927. The third-order valence-electron chi connectivity index (χ3n) is 2.71. The number of rotatable bonds is 4. The number of aromatic nitrogens is 1. The number of methoxy groups -OCH3 is 1. The topological polar surface area (TPSA) is 72.8 Å². The van der Waals surface area contributed by atoms with Crippen molar-refractivity contribution in [2.75, 3.05) is 7.11 Å². The van der Waals surface area contributed by atoms with Crippen molar-refractivity contribution in [3.8, 4) is 5.75 Å². The Hall–Kier alpha value is -2.43. The first-order chi connectivity index (χ1) is 8.74. The van der Waals surface area contributed by atoms with Gasteiger partial charge in [-0.1, -0.05) is 17.3 Å². The maximum absolute atomic E-state index is 8.70. The molecule has 0 radical (unpaired) electrons. The van der Waals surface area contributed by atoms with Gasteiger partial charge in [0.05, 0.1) is 12.8 Å². The molecule has 1 aromatic heterocycles. The standard InChI is InChI=1S/C13H15N3O2/c1-18-11-6-4-10(5-7-11)9-16-8-2-3-12(16)13(14)15-17/h2-8,17H,9H2,1H3,(H2,14,15). The van der Waals surface area contributed by atoms with E-state index < -0.39 is 0 Å². The molecule has 0 aliphatic heterocycles. The highest BCUT2D eigenvalue weighted by Crippen LogP contribution is 2.13. The van der Waals surface area contributed by atoms with E-state index in [0.29, 0.717) is 12.2 Å². The molecule has 2 rings (SSSR count). The van der Waals surface area contributed by atoms with Gasteiger partial charge in [-0.05, 0) is 29.8 Å². The Morgan fingerprint density at radius 1 is 1.33 bits per heavy atom. The monoisotopic (exact) mass is 245 g/mol. The normalized spacial score (nSPS) is 11.5. The van der Waals surface area contributed by atoms with Gasteiger partial charge in [0.15, 0.2) is 5.84 Å². The van der Waals surface area contributed by atoms with Gasteiger partial charge in [-0.3, -0.25) is 0 Å². The minimum absolute atomic E-state index is 0.105. The van der Waals surface area contributed by atoms with Crippen molar-refractivity contribution in [1.82, 2.24) is 4.57 Å². The molecule has 0 aliphatic carbocycles. The second-order valence-electron chi connectivity index (χ2n) is 3.85. The molecule has 5 heteroatoms. The molecular weight excluding hydrogens is 230 g/mol. The number of amidine groups is 1. The largest absolute Gasteiger partial charge is 0.497 e. The number of benzene rings is 1. The van der Waals surface area contributed by atoms with E-state index in [9.17, 15) is 0 Å². The molecule has 0 bridgehead atoms. The molecule has 0 atom stereocenters. The summed E-state index contributed by atoms with van der Waals surface area (Å²) in [5.41, 5.74) is 7.40. The van der Waals surface area contributed by atoms with Crippen molar-refractivity contribution in [1.29, 1.82) is 0 Å². The summed E-state index contributed by atoms with van der Waals surface area (Å²) in [4.78, 5) is 0. The maximum atomic E-state index is 8.70.